The largest absolute Gasteiger partial charge is 0.380 e. The number of nitrogens with one attached hydrogen (secondary N) is 2. The fourth-order valence-electron chi connectivity index (χ4n) is 2.91. The third-order valence-corrected chi connectivity index (χ3v) is 5.12. The standard InChI is InChI=1S/C21H23FN2O3S/c1-28(26,27)11-5-10-23-21(25)20-18(22)12-17(16-8-9-16)13-19(20)24-14-15-6-3-2-4-7-15/h2-7,11-13,16,24H,8-10,14H2,1H3,(H,23,25)/b11-5+. The highest BCUT2D eigenvalue weighted by molar-refractivity contribution is 7.93. The first-order valence-electron chi connectivity index (χ1n) is 9.09. The molecule has 7 heteroatoms. The predicted molar refractivity (Wildman–Crippen MR) is 108 cm³/mol. The maximum Gasteiger partial charge on any atom is 0.256 e. The second-order valence-electron chi connectivity index (χ2n) is 6.95. The number of halogens is 1. The second kappa shape index (κ2) is 8.56. The van der Waals surface area contributed by atoms with Crippen LogP contribution >= 0.6 is 0 Å². The zero-order chi connectivity index (χ0) is 20.1. The molecule has 0 spiro atoms. The van der Waals surface area contributed by atoms with E-state index in [2.05, 4.69) is 10.6 Å². The third kappa shape index (κ3) is 5.66. The Morgan fingerprint density at radius 1 is 1.21 bits per heavy atom. The van der Waals surface area contributed by atoms with Crippen LogP contribution in [0.5, 0.6) is 0 Å². The molecule has 148 valence electrons. The molecule has 1 aliphatic carbocycles. The summed E-state index contributed by atoms with van der Waals surface area (Å²) in [6.45, 7) is 0.455. The van der Waals surface area contributed by atoms with Gasteiger partial charge in [-0.3, -0.25) is 4.79 Å². The van der Waals surface area contributed by atoms with E-state index >= 15 is 0 Å². The first-order valence-corrected chi connectivity index (χ1v) is 11.0. The highest BCUT2D eigenvalue weighted by Crippen LogP contribution is 2.42. The Morgan fingerprint density at radius 2 is 1.93 bits per heavy atom. The molecule has 1 fully saturated rings. The van der Waals surface area contributed by atoms with E-state index in [1.165, 1.54) is 12.1 Å². The van der Waals surface area contributed by atoms with Gasteiger partial charge >= 0.3 is 0 Å². The second-order valence-corrected chi connectivity index (χ2v) is 8.88. The van der Waals surface area contributed by atoms with Crippen LogP contribution in [0.2, 0.25) is 0 Å². The van der Waals surface area contributed by atoms with Gasteiger partial charge in [0.2, 0.25) is 0 Å². The summed E-state index contributed by atoms with van der Waals surface area (Å²) < 4.78 is 37.0. The molecule has 0 saturated heterocycles. The lowest BCUT2D eigenvalue weighted by atomic mass is 10.0. The van der Waals surface area contributed by atoms with Gasteiger partial charge in [0.25, 0.3) is 5.91 Å². The maximum absolute atomic E-state index is 14.8. The molecule has 2 aromatic carbocycles. The number of anilines is 1. The summed E-state index contributed by atoms with van der Waals surface area (Å²) in [5.74, 6) is -0.820. The Morgan fingerprint density at radius 3 is 2.57 bits per heavy atom. The summed E-state index contributed by atoms with van der Waals surface area (Å²) in [4.78, 5) is 12.5. The molecule has 2 N–H and O–H groups in total. The Bertz CT molecular complexity index is 984. The minimum absolute atomic E-state index is 0.00611. The molecule has 5 nitrogen and oxygen atoms in total. The third-order valence-electron chi connectivity index (χ3n) is 4.44. The summed E-state index contributed by atoms with van der Waals surface area (Å²) >= 11 is 0. The van der Waals surface area contributed by atoms with Crippen molar-refractivity contribution in [3.63, 3.8) is 0 Å². The van der Waals surface area contributed by atoms with Gasteiger partial charge in [-0.25, -0.2) is 12.8 Å². The molecule has 0 radical (unpaired) electrons. The van der Waals surface area contributed by atoms with Crippen molar-refractivity contribution in [2.45, 2.75) is 25.3 Å². The topological polar surface area (TPSA) is 75.3 Å². The average molecular weight is 402 g/mol. The molecule has 0 bridgehead atoms. The highest BCUT2D eigenvalue weighted by Gasteiger charge is 2.27. The minimum Gasteiger partial charge on any atom is -0.380 e. The SMILES string of the molecule is CS(=O)(=O)/C=C/CNC(=O)c1c(F)cc(C2CC2)cc1NCc1ccccc1. The van der Waals surface area contributed by atoms with E-state index in [1.54, 1.807) is 0 Å². The number of carbonyl (C=O) groups excluding carboxylic acids is 1. The zero-order valence-electron chi connectivity index (χ0n) is 15.6. The number of hydrogen-bond donors (Lipinski definition) is 2. The van der Waals surface area contributed by atoms with Gasteiger partial charge in [-0.15, -0.1) is 0 Å². The minimum atomic E-state index is -3.27. The van der Waals surface area contributed by atoms with Crippen molar-refractivity contribution in [2.75, 3.05) is 18.1 Å². The van der Waals surface area contributed by atoms with Crippen molar-refractivity contribution in [3.8, 4) is 0 Å². The van der Waals surface area contributed by atoms with E-state index in [0.29, 0.717) is 18.2 Å². The van der Waals surface area contributed by atoms with Crippen LogP contribution in [-0.2, 0) is 16.4 Å². The number of rotatable bonds is 8. The Labute approximate surface area is 164 Å². The number of sulfone groups is 1. The lowest BCUT2D eigenvalue weighted by Crippen LogP contribution is -2.26. The van der Waals surface area contributed by atoms with Crippen LogP contribution in [0.15, 0.2) is 53.9 Å². The van der Waals surface area contributed by atoms with Gasteiger partial charge in [-0.1, -0.05) is 36.4 Å². The van der Waals surface area contributed by atoms with Crippen LogP contribution in [0.1, 0.15) is 40.2 Å². The van der Waals surface area contributed by atoms with E-state index in [-0.39, 0.29) is 12.1 Å². The predicted octanol–water partition coefficient (Wildman–Crippen LogP) is 3.60. The summed E-state index contributed by atoms with van der Waals surface area (Å²) in [6, 6.07) is 12.9. The van der Waals surface area contributed by atoms with Crippen LogP contribution in [0, 0.1) is 5.82 Å². The Kier molecular flexibility index (Phi) is 6.14. The lowest BCUT2D eigenvalue weighted by molar-refractivity contribution is 0.0955. The molecule has 0 atom stereocenters. The highest BCUT2D eigenvalue weighted by atomic mass is 32.2. The Hall–Kier alpha value is -2.67. The van der Waals surface area contributed by atoms with Crippen LogP contribution in [0.3, 0.4) is 0 Å². The fourth-order valence-corrected chi connectivity index (χ4v) is 3.35. The average Bonchev–Trinajstić information content (AvgIpc) is 3.48. The van der Waals surface area contributed by atoms with E-state index in [1.807, 2.05) is 36.4 Å². The van der Waals surface area contributed by atoms with Crippen LogP contribution in [-0.4, -0.2) is 27.1 Å². The maximum atomic E-state index is 14.8. The molecular formula is C21H23FN2O3S. The quantitative estimate of drug-likeness (QED) is 0.707. The van der Waals surface area contributed by atoms with E-state index in [9.17, 15) is 17.6 Å². The fraction of sp³-hybridized carbons (Fsp3) is 0.286. The Balaban J connectivity index is 1.79. The number of hydrogen-bond acceptors (Lipinski definition) is 4. The summed E-state index contributed by atoms with van der Waals surface area (Å²) in [6.07, 6.45) is 4.44. The van der Waals surface area contributed by atoms with Gasteiger partial charge in [-0.2, -0.15) is 0 Å². The van der Waals surface area contributed by atoms with Crippen LogP contribution in [0.4, 0.5) is 10.1 Å². The monoisotopic (exact) mass is 402 g/mol. The van der Waals surface area contributed by atoms with Crippen molar-refractivity contribution < 1.29 is 17.6 Å². The van der Waals surface area contributed by atoms with E-state index in [0.717, 1.165) is 35.6 Å². The smallest absolute Gasteiger partial charge is 0.256 e. The number of amides is 1. The first-order chi connectivity index (χ1) is 13.3. The molecule has 1 aliphatic rings. The molecule has 0 unspecified atom stereocenters. The molecule has 3 rings (SSSR count). The molecule has 0 heterocycles. The van der Waals surface area contributed by atoms with Crippen molar-refractivity contribution in [1.29, 1.82) is 0 Å². The van der Waals surface area contributed by atoms with E-state index < -0.39 is 21.6 Å². The molecular weight excluding hydrogens is 379 g/mol. The van der Waals surface area contributed by atoms with Gasteiger partial charge in [-0.05, 0) is 42.0 Å². The summed E-state index contributed by atoms with van der Waals surface area (Å²) in [5, 5.41) is 6.73. The molecule has 28 heavy (non-hydrogen) atoms. The van der Waals surface area contributed by atoms with Crippen molar-refractivity contribution >= 4 is 21.4 Å². The van der Waals surface area contributed by atoms with Crippen molar-refractivity contribution in [2.24, 2.45) is 0 Å². The molecule has 0 aromatic heterocycles. The van der Waals surface area contributed by atoms with Gasteiger partial charge in [0.15, 0.2) is 9.84 Å². The van der Waals surface area contributed by atoms with Gasteiger partial charge in [0.1, 0.15) is 5.82 Å². The molecule has 1 amide bonds. The van der Waals surface area contributed by atoms with Crippen molar-refractivity contribution in [3.05, 3.63) is 76.5 Å². The van der Waals surface area contributed by atoms with Gasteiger partial charge < -0.3 is 10.6 Å². The lowest BCUT2D eigenvalue weighted by Gasteiger charge is -2.15. The van der Waals surface area contributed by atoms with Crippen LogP contribution < -0.4 is 10.6 Å². The van der Waals surface area contributed by atoms with Crippen molar-refractivity contribution in [1.82, 2.24) is 5.32 Å². The number of benzene rings is 2. The van der Waals surface area contributed by atoms with E-state index in [4.69, 9.17) is 0 Å². The normalized spacial score (nSPS) is 14.2. The summed E-state index contributed by atoms with van der Waals surface area (Å²) in [7, 11) is -3.27. The summed E-state index contributed by atoms with van der Waals surface area (Å²) in [5.41, 5.74) is 2.28. The number of carbonyl (C=O) groups is 1. The first kappa shape index (κ1) is 20.1. The van der Waals surface area contributed by atoms with Crippen LogP contribution in [0.25, 0.3) is 0 Å². The van der Waals surface area contributed by atoms with Gasteiger partial charge in [0, 0.05) is 24.8 Å². The zero-order valence-corrected chi connectivity index (χ0v) is 16.4. The molecule has 2 aromatic rings. The molecule has 1 saturated carbocycles. The van der Waals surface area contributed by atoms with Gasteiger partial charge in [0.05, 0.1) is 11.3 Å². The molecule has 0 aliphatic heterocycles.